The summed E-state index contributed by atoms with van der Waals surface area (Å²) in [4.78, 5) is 16.5. The third kappa shape index (κ3) is 3.55. The highest BCUT2D eigenvalue weighted by Crippen LogP contribution is 2.46. The van der Waals surface area contributed by atoms with Crippen molar-refractivity contribution in [3.8, 4) is 33.6 Å². The molecule has 2 aliphatic carbocycles. The van der Waals surface area contributed by atoms with Crippen LogP contribution < -0.4 is 10.6 Å². The number of H-pyrrole nitrogens is 2. The second kappa shape index (κ2) is 7.88. The first-order valence-corrected chi connectivity index (χ1v) is 14.0. The van der Waals surface area contributed by atoms with Gasteiger partial charge >= 0.3 is 0 Å². The van der Waals surface area contributed by atoms with Crippen molar-refractivity contribution in [3.63, 3.8) is 0 Å². The molecule has 0 amide bonds. The number of benzene rings is 3. The standard InChI is InChI=1S/C32H30N6/c1-3-18(29-15-33-31(37-29)27-13-23-11-25(23)35-27)4-2-17(1)19-5-6-21-10-22(8-7-20(21)9-19)30-16-34-32(38-30)28-14-24-12-26(24)36-28/h1-10,15-16,23-28,35-36H,11-14H2,(H,33,37)(H,34,38). The van der Waals surface area contributed by atoms with Gasteiger partial charge in [0.05, 0.1) is 35.9 Å². The topological polar surface area (TPSA) is 81.4 Å². The van der Waals surface area contributed by atoms with Crippen LogP contribution in [0.2, 0.25) is 0 Å². The number of aromatic nitrogens is 4. The molecule has 2 saturated carbocycles. The molecule has 6 atom stereocenters. The van der Waals surface area contributed by atoms with Gasteiger partial charge in [-0.1, -0.05) is 48.5 Å². The zero-order valence-corrected chi connectivity index (χ0v) is 21.1. The number of fused-ring (bicyclic) bond motifs is 3. The molecular formula is C32H30N6. The molecule has 2 aromatic heterocycles. The number of imidazole rings is 2. The van der Waals surface area contributed by atoms with E-state index in [1.807, 2.05) is 12.4 Å². The van der Waals surface area contributed by atoms with Gasteiger partial charge in [0, 0.05) is 17.6 Å². The van der Waals surface area contributed by atoms with Crippen LogP contribution >= 0.6 is 0 Å². The summed E-state index contributed by atoms with van der Waals surface area (Å²) in [7, 11) is 0. The molecule has 0 bridgehead atoms. The quantitative estimate of drug-likeness (QED) is 0.235. The van der Waals surface area contributed by atoms with Crippen LogP contribution in [0.4, 0.5) is 0 Å². The minimum Gasteiger partial charge on any atom is -0.341 e. The summed E-state index contributed by atoms with van der Waals surface area (Å²) in [6, 6.07) is 24.4. The van der Waals surface area contributed by atoms with E-state index in [0.717, 1.165) is 47.0 Å². The van der Waals surface area contributed by atoms with Crippen molar-refractivity contribution in [2.75, 3.05) is 0 Å². The molecule has 4 fully saturated rings. The molecule has 9 rings (SSSR count). The first-order valence-electron chi connectivity index (χ1n) is 14.0. The van der Waals surface area contributed by atoms with E-state index in [0.29, 0.717) is 12.1 Å². The van der Waals surface area contributed by atoms with Crippen LogP contribution in [0.3, 0.4) is 0 Å². The lowest BCUT2D eigenvalue weighted by Gasteiger charge is -2.10. The van der Waals surface area contributed by atoms with Crippen molar-refractivity contribution in [3.05, 3.63) is 84.7 Å². The smallest absolute Gasteiger partial charge is 0.123 e. The van der Waals surface area contributed by atoms with E-state index in [-0.39, 0.29) is 0 Å². The minimum atomic E-state index is 0.381. The zero-order valence-electron chi connectivity index (χ0n) is 21.1. The Hall–Kier alpha value is -3.74. The van der Waals surface area contributed by atoms with Crippen LogP contribution in [-0.4, -0.2) is 32.0 Å². The van der Waals surface area contributed by atoms with Crippen LogP contribution in [0.15, 0.2) is 73.1 Å². The molecule has 6 heteroatoms. The van der Waals surface area contributed by atoms with Gasteiger partial charge in [0.2, 0.25) is 0 Å². The molecule has 38 heavy (non-hydrogen) atoms. The first-order chi connectivity index (χ1) is 18.7. The van der Waals surface area contributed by atoms with Gasteiger partial charge in [0.25, 0.3) is 0 Å². The van der Waals surface area contributed by atoms with E-state index in [9.17, 15) is 0 Å². The summed E-state index contributed by atoms with van der Waals surface area (Å²) < 4.78 is 0. The van der Waals surface area contributed by atoms with E-state index >= 15 is 0 Å². The average molecular weight is 499 g/mol. The highest BCUT2D eigenvalue weighted by Gasteiger charge is 2.47. The monoisotopic (exact) mass is 498 g/mol. The Balaban J connectivity index is 0.938. The second-order valence-electron chi connectivity index (χ2n) is 11.8. The fourth-order valence-corrected chi connectivity index (χ4v) is 6.82. The summed E-state index contributed by atoms with van der Waals surface area (Å²) >= 11 is 0. The van der Waals surface area contributed by atoms with E-state index in [1.165, 1.54) is 58.7 Å². The lowest BCUT2D eigenvalue weighted by atomic mass is 9.98. The summed E-state index contributed by atoms with van der Waals surface area (Å²) in [6.45, 7) is 0. The van der Waals surface area contributed by atoms with Crippen molar-refractivity contribution < 1.29 is 0 Å². The SMILES string of the molecule is c1cc(-c2cnc(C3CC4CC4N3)[nH]2)ccc1-c1ccc2cc(-c3cnc(C4CC5CC5N4)[nH]3)ccc2c1. The Bertz CT molecular complexity index is 1660. The van der Waals surface area contributed by atoms with Gasteiger partial charge in [-0.25, -0.2) is 9.97 Å². The molecule has 5 aromatic rings. The lowest BCUT2D eigenvalue weighted by Crippen LogP contribution is -2.18. The minimum absolute atomic E-state index is 0.381. The van der Waals surface area contributed by atoms with Gasteiger partial charge in [0.15, 0.2) is 0 Å². The molecule has 4 aliphatic rings. The Morgan fingerprint density at radius 3 is 1.61 bits per heavy atom. The van der Waals surface area contributed by atoms with Gasteiger partial charge in [0.1, 0.15) is 11.6 Å². The predicted octanol–water partition coefficient (Wildman–Crippen LogP) is 6.13. The third-order valence-electron chi connectivity index (χ3n) is 9.28. The molecule has 2 aliphatic heterocycles. The first kappa shape index (κ1) is 21.2. The lowest BCUT2D eigenvalue weighted by molar-refractivity contribution is 0.543. The maximum Gasteiger partial charge on any atom is 0.123 e. The van der Waals surface area contributed by atoms with Crippen molar-refractivity contribution in [1.82, 2.24) is 30.6 Å². The largest absolute Gasteiger partial charge is 0.341 e. The number of nitrogens with one attached hydrogen (secondary N) is 4. The highest BCUT2D eigenvalue weighted by molar-refractivity contribution is 5.90. The maximum atomic E-state index is 4.69. The predicted molar refractivity (Wildman–Crippen MR) is 149 cm³/mol. The van der Waals surface area contributed by atoms with E-state index in [1.54, 1.807) is 0 Å². The molecule has 6 nitrogen and oxygen atoms in total. The number of rotatable bonds is 5. The van der Waals surface area contributed by atoms with E-state index in [2.05, 4.69) is 86.2 Å². The molecule has 0 radical (unpaired) electrons. The normalized spacial score (nSPS) is 28.9. The van der Waals surface area contributed by atoms with Crippen molar-refractivity contribution in [2.45, 2.75) is 49.9 Å². The van der Waals surface area contributed by atoms with Crippen LogP contribution in [0.25, 0.3) is 44.4 Å². The number of nitrogens with zero attached hydrogens (tertiary/aromatic N) is 2. The van der Waals surface area contributed by atoms with Crippen molar-refractivity contribution >= 4 is 10.8 Å². The molecule has 4 N–H and O–H groups in total. The maximum absolute atomic E-state index is 4.69. The molecule has 2 saturated heterocycles. The molecular weight excluding hydrogens is 468 g/mol. The summed E-state index contributed by atoms with van der Waals surface area (Å²) in [5, 5.41) is 9.85. The Morgan fingerprint density at radius 1 is 0.526 bits per heavy atom. The average Bonchev–Trinajstić information content (AvgIpc) is 3.52. The molecule has 6 unspecified atom stereocenters. The number of hydrogen-bond acceptors (Lipinski definition) is 4. The third-order valence-corrected chi connectivity index (χ3v) is 9.28. The van der Waals surface area contributed by atoms with Crippen LogP contribution in [0.1, 0.15) is 49.4 Å². The Kier molecular flexibility index (Phi) is 4.40. The summed E-state index contributed by atoms with van der Waals surface area (Å²) in [5.74, 6) is 3.87. The second-order valence-corrected chi connectivity index (χ2v) is 11.8. The van der Waals surface area contributed by atoms with E-state index in [4.69, 9.17) is 4.98 Å². The van der Waals surface area contributed by atoms with Gasteiger partial charge in [-0.2, -0.15) is 0 Å². The van der Waals surface area contributed by atoms with Crippen molar-refractivity contribution in [2.24, 2.45) is 11.8 Å². The van der Waals surface area contributed by atoms with Crippen LogP contribution in [0, 0.1) is 11.8 Å². The van der Waals surface area contributed by atoms with Gasteiger partial charge < -0.3 is 20.6 Å². The van der Waals surface area contributed by atoms with Crippen LogP contribution in [-0.2, 0) is 0 Å². The van der Waals surface area contributed by atoms with E-state index < -0.39 is 0 Å². The number of aromatic amines is 2. The summed E-state index contributed by atoms with van der Waals surface area (Å²) in [6.07, 6.45) is 9.05. The molecule has 0 spiro atoms. The van der Waals surface area contributed by atoms with Crippen LogP contribution in [0.5, 0.6) is 0 Å². The fourth-order valence-electron chi connectivity index (χ4n) is 6.82. The summed E-state index contributed by atoms with van der Waals surface area (Å²) in [5.41, 5.74) is 6.97. The fraction of sp³-hybridized carbons (Fsp3) is 0.312. The van der Waals surface area contributed by atoms with Crippen molar-refractivity contribution in [1.29, 1.82) is 0 Å². The Labute approximate surface area is 221 Å². The molecule has 3 aromatic carbocycles. The van der Waals surface area contributed by atoms with Gasteiger partial charge in [-0.15, -0.1) is 0 Å². The zero-order chi connectivity index (χ0) is 24.8. The Morgan fingerprint density at radius 2 is 1.03 bits per heavy atom. The number of hydrogen-bond donors (Lipinski definition) is 4. The van der Waals surface area contributed by atoms with Gasteiger partial charge in [-0.3, -0.25) is 0 Å². The number of piperidine rings is 2. The highest BCUT2D eigenvalue weighted by atomic mass is 15.1. The molecule has 4 heterocycles. The molecule has 188 valence electrons. The van der Waals surface area contributed by atoms with Gasteiger partial charge in [-0.05, 0) is 77.1 Å².